The molecule has 4 heteroatoms. The first-order valence-corrected chi connectivity index (χ1v) is 7.95. The molecule has 0 radical (unpaired) electrons. The fourth-order valence-corrected chi connectivity index (χ4v) is 3.21. The number of rotatable bonds is 6. The van der Waals surface area contributed by atoms with Gasteiger partial charge in [0.1, 0.15) is 5.75 Å². The van der Waals surface area contributed by atoms with Crippen molar-refractivity contribution < 1.29 is 14.6 Å². The Morgan fingerprint density at radius 1 is 1.24 bits per heavy atom. The standard InChI is InChI=1S/C17H25BrO3/c1-16(2,3)11-17(4,5)12-6-7-14(13(18)10-12)21-9-8-15(19)20/h6-7,10H,8-9,11H2,1-5H3,(H,19,20). The van der Waals surface area contributed by atoms with Crippen LogP contribution < -0.4 is 4.74 Å². The predicted molar refractivity (Wildman–Crippen MR) is 89.0 cm³/mol. The molecule has 0 aromatic heterocycles. The van der Waals surface area contributed by atoms with Crippen molar-refractivity contribution in [1.29, 1.82) is 0 Å². The molecule has 0 spiro atoms. The SMILES string of the molecule is CC(C)(C)CC(C)(C)c1ccc(OCCC(=O)O)c(Br)c1. The number of aliphatic carboxylic acids is 1. The third-order valence-corrected chi connectivity index (χ3v) is 3.88. The number of halogens is 1. The molecular weight excluding hydrogens is 332 g/mol. The van der Waals surface area contributed by atoms with Gasteiger partial charge in [-0.1, -0.05) is 40.7 Å². The molecule has 21 heavy (non-hydrogen) atoms. The maximum atomic E-state index is 10.5. The first-order valence-electron chi connectivity index (χ1n) is 7.16. The van der Waals surface area contributed by atoms with Crippen molar-refractivity contribution in [2.75, 3.05) is 6.61 Å². The van der Waals surface area contributed by atoms with Crippen molar-refractivity contribution in [3.8, 4) is 5.75 Å². The summed E-state index contributed by atoms with van der Waals surface area (Å²) < 4.78 is 6.36. The monoisotopic (exact) mass is 356 g/mol. The molecule has 1 aromatic carbocycles. The molecule has 0 saturated heterocycles. The van der Waals surface area contributed by atoms with Crippen molar-refractivity contribution in [2.24, 2.45) is 5.41 Å². The lowest BCUT2D eigenvalue weighted by Gasteiger charge is -2.33. The smallest absolute Gasteiger partial charge is 0.306 e. The predicted octanol–water partition coefficient (Wildman–Crippen LogP) is 5.02. The van der Waals surface area contributed by atoms with E-state index in [0.29, 0.717) is 5.75 Å². The average Bonchev–Trinajstić information content (AvgIpc) is 2.27. The summed E-state index contributed by atoms with van der Waals surface area (Å²) in [5.74, 6) is -0.166. The molecule has 0 aliphatic rings. The van der Waals surface area contributed by atoms with Crippen LogP contribution >= 0.6 is 15.9 Å². The molecule has 1 N–H and O–H groups in total. The van der Waals surface area contributed by atoms with Crippen LogP contribution in [0.1, 0.15) is 53.0 Å². The molecule has 0 aliphatic carbocycles. The third-order valence-electron chi connectivity index (χ3n) is 3.26. The highest BCUT2D eigenvalue weighted by atomic mass is 79.9. The van der Waals surface area contributed by atoms with Gasteiger partial charge in [0.2, 0.25) is 0 Å². The van der Waals surface area contributed by atoms with Crippen LogP contribution in [0.3, 0.4) is 0 Å². The van der Waals surface area contributed by atoms with Crippen LogP contribution in [0.4, 0.5) is 0 Å². The summed E-state index contributed by atoms with van der Waals surface area (Å²) in [6, 6.07) is 6.04. The van der Waals surface area contributed by atoms with Gasteiger partial charge >= 0.3 is 5.97 Å². The summed E-state index contributed by atoms with van der Waals surface area (Å²) in [5.41, 5.74) is 1.57. The van der Waals surface area contributed by atoms with E-state index in [-0.39, 0.29) is 23.9 Å². The van der Waals surface area contributed by atoms with Crippen molar-refractivity contribution >= 4 is 21.9 Å². The lowest BCUT2D eigenvalue weighted by atomic mass is 9.72. The molecule has 0 heterocycles. The maximum absolute atomic E-state index is 10.5. The Hall–Kier alpha value is -1.03. The van der Waals surface area contributed by atoms with Crippen molar-refractivity contribution in [2.45, 2.75) is 52.9 Å². The maximum Gasteiger partial charge on any atom is 0.306 e. The zero-order chi connectivity index (χ0) is 16.3. The largest absolute Gasteiger partial charge is 0.492 e. The second-order valence-electron chi connectivity index (χ2n) is 7.26. The van der Waals surface area contributed by atoms with E-state index in [1.807, 2.05) is 6.07 Å². The number of hydrogen-bond acceptors (Lipinski definition) is 2. The van der Waals surface area contributed by atoms with E-state index in [9.17, 15) is 4.79 Å². The van der Waals surface area contributed by atoms with Crippen LogP contribution in [0.5, 0.6) is 5.75 Å². The van der Waals surface area contributed by atoms with Gasteiger partial charge in [0.05, 0.1) is 17.5 Å². The highest BCUT2D eigenvalue weighted by Gasteiger charge is 2.27. The zero-order valence-corrected chi connectivity index (χ0v) is 15.1. The van der Waals surface area contributed by atoms with E-state index in [4.69, 9.17) is 9.84 Å². The molecule has 3 nitrogen and oxygen atoms in total. The van der Waals surface area contributed by atoms with Crippen LogP contribution in [-0.2, 0) is 10.2 Å². The Labute approximate surface area is 135 Å². The molecule has 0 bridgehead atoms. The summed E-state index contributed by atoms with van der Waals surface area (Å²) >= 11 is 3.51. The third kappa shape index (κ3) is 6.08. The van der Waals surface area contributed by atoms with E-state index < -0.39 is 5.97 Å². The van der Waals surface area contributed by atoms with Gasteiger partial charge in [-0.3, -0.25) is 4.79 Å². The molecule has 0 atom stereocenters. The van der Waals surface area contributed by atoms with Gasteiger partial charge in [-0.15, -0.1) is 0 Å². The molecular formula is C17H25BrO3. The van der Waals surface area contributed by atoms with Crippen LogP contribution in [0, 0.1) is 5.41 Å². The second kappa shape index (κ2) is 6.82. The number of benzene rings is 1. The fraction of sp³-hybridized carbons (Fsp3) is 0.588. The number of carboxylic acids is 1. The number of carboxylic acid groups (broad SMARTS) is 1. The molecule has 1 rings (SSSR count). The van der Waals surface area contributed by atoms with Crippen LogP contribution in [-0.4, -0.2) is 17.7 Å². The van der Waals surface area contributed by atoms with E-state index in [0.717, 1.165) is 10.9 Å². The Morgan fingerprint density at radius 2 is 1.86 bits per heavy atom. The molecule has 118 valence electrons. The van der Waals surface area contributed by atoms with Crippen LogP contribution in [0.25, 0.3) is 0 Å². The summed E-state index contributed by atoms with van der Waals surface area (Å²) in [5, 5.41) is 8.63. The molecule has 0 aliphatic heterocycles. The lowest BCUT2D eigenvalue weighted by molar-refractivity contribution is -0.137. The zero-order valence-electron chi connectivity index (χ0n) is 13.5. The first-order chi connectivity index (χ1) is 9.51. The summed E-state index contributed by atoms with van der Waals surface area (Å²) in [4.78, 5) is 10.5. The van der Waals surface area contributed by atoms with E-state index in [2.05, 4.69) is 62.7 Å². The topological polar surface area (TPSA) is 46.5 Å². The van der Waals surface area contributed by atoms with Gasteiger partial charge in [-0.05, 0) is 50.9 Å². The Bertz CT molecular complexity index is 501. The van der Waals surface area contributed by atoms with Gasteiger partial charge in [-0.25, -0.2) is 0 Å². The molecule has 0 fully saturated rings. The minimum atomic E-state index is -0.853. The number of ether oxygens (including phenoxy) is 1. The Morgan fingerprint density at radius 3 is 2.33 bits per heavy atom. The molecule has 0 amide bonds. The Kier molecular flexibility index (Phi) is 5.85. The van der Waals surface area contributed by atoms with Crippen LogP contribution in [0.15, 0.2) is 22.7 Å². The summed E-state index contributed by atoms with van der Waals surface area (Å²) in [6.45, 7) is 11.4. The average molecular weight is 357 g/mol. The van der Waals surface area contributed by atoms with Crippen molar-refractivity contribution in [1.82, 2.24) is 0 Å². The highest BCUT2D eigenvalue weighted by molar-refractivity contribution is 9.10. The van der Waals surface area contributed by atoms with Crippen molar-refractivity contribution in [3.05, 3.63) is 28.2 Å². The summed E-state index contributed by atoms with van der Waals surface area (Å²) in [6.07, 6.45) is 1.08. The van der Waals surface area contributed by atoms with E-state index in [1.54, 1.807) is 0 Å². The minimum Gasteiger partial charge on any atom is -0.492 e. The van der Waals surface area contributed by atoms with Gasteiger partial charge in [0, 0.05) is 0 Å². The van der Waals surface area contributed by atoms with Gasteiger partial charge in [-0.2, -0.15) is 0 Å². The number of hydrogen-bond donors (Lipinski definition) is 1. The van der Waals surface area contributed by atoms with E-state index >= 15 is 0 Å². The van der Waals surface area contributed by atoms with Gasteiger partial charge < -0.3 is 9.84 Å². The normalized spacial score (nSPS) is 12.3. The van der Waals surface area contributed by atoms with Crippen LogP contribution in [0.2, 0.25) is 0 Å². The quantitative estimate of drug-likeness (QED) is 0.778. The lowest BCUT2D eigenvalue weighted by Crippen LogP contribution is -2.24. The Balaban J connectivity index is 2.84. The first kappa shape index (κ1) is 18.0. The second-order valence-corrected chi connectivity index (χ2v) is 8.11. The van der Waals surface area contributed by atoms with Gasteiger partial charge in [0.25, 0.3) is 0 Å². The molecule has 0 unspecified atom stereocenters. The summed E-state index contributed by atoms with van der Waals surface area (Å²) in [7, 11) is 0. The van der Waals surface area contributed by atoms with E-state index in [1.165, 1.54) is 5.56 Å². The highest BCUT2D eigenvalue weighted by Crippen LogP contribution is 2.38. The molecule has 1 aromatic rings. The fourth-order valence-electron chi connectivity index (χ4n) is 2.72. The number of carbonyl (C=O) groups is 1. The van der Waals surface area contributed by atoms with Crippen molar-refractivity contribution in [3.63, 3.8) is 0 Å². The molecule has 0 saturated carbocycles. The van der Waals surface area contributed by atoms with Gasteiger partial charge in [0.15, 0.2) is 0 Å². The minimum absolute atomic E-state index is 0.00368.